The Kier molecular flexibility index (Phi) is 4.77. The molecule has 1 aromatic heterocycles. The number of rotatable bonds is 3. The topological polar surface area (TPSA) is 76.1 Å². The number of ether oxygens (including phenoxy) is 1. The van der Waals surface area contributed by atoms with Crippen LogP contribution in [0.3, 0.4) is 0 Å². The van der Waals surface area contributed by atoms with Gasteiger partial charge in [-0.05, 0) is 46.7 Å². The van der Waals surface area contributed by atoms with Crippen LogP contribution in [0.4, 0.5) is 4.79 Å². The molecular weight excluding hydrogens is 268 g/mol. The molecule has 1 amide bonds. The maximum Gasteiger partial charge on any atom is 0.407 e. The summed E-state index contributed by atoms with van der Waals surface area (Å²) in [4.78, 5) is 20.5. The number of nitrogens with zero attached hydrogens (tertiary/aromatic N) is 2. The highest BCUT2D eigenvalue weighted by Gasteiger charge is 2.36. The molecule has 0 atom stereocenters. The van der Waals surface area contributed by atoms with Crippen molar-refractivity contribution in [2.45, 2.75) is 44.6 Å². The molecule has 21 heavy (non-hydrogen) atoms. The molecule has 2 heterocycles. The van der Waals surface area contributed by atoms with Crippen LogP contribution < -0.4 is 10.6 Å². The summed E-state index contributed by atoms with van der Waals surface area (Å²) in [5.74, 6) is 0. The number of alkyl carbamates (subject to hydrolysis) is 1. The minimum absolute atomic E-state index is 0.170. The number of hydrogen-bond acceptors (Lipinski definition) is 5. The molecule has 1 saturated heterocycles. The summed E-state index contributed by atoms with van der Waals surface area (Å²) in [7, 11) is 0. The number of nitrogens with one attached hydrogen (secondary N) is 2. The van der Waals surface area contributed by atoms with Crippen LogP contribution in [0.5, 0.6) is 0 Å². The molecule has 1 aromatic rings. The second-order valence-corrected chi connectivity index (χ2v) is 6.48. The Labute approximate surface area is 125 Å². The number of amides is 1. The number of carbonyl (C=O) groups excluding carboxylic acids is 1. The monoisotopic (exact) mass is 292 g/mol. The van der Waals surface area contributed by atoms with Crippen molar-refractivity contribution in [1.82, 2.24) is 20.6 Å². The molecule has 0 spiro atoms. The van der Waals surface area contributed by atoms with Gasteiger partial charge in [-0.15, -0.1) is 0 Å². The van der Waals surface area contributed by atoms with E-state index in [0.717, 1.165) is 31.6 Å². The fourth-order valence-electron chi connectivity index (χ4n) is 2.56. The fraction of sp³-hybridized carbons (Fsp3) is 0.667. The third kappa shape index (κ3) is 4.39. The van der Waals surface area contributed by atoms with Crippen LogP contribution >= 0.6 is 0 Å². The molecule has 116 valence electrons. The van der Waals surface area contributed by atoms with E-state index in [1.54, 1.807) is 18.6 Å². The zero-order valence-corrected chi connectivity index (χ0v) is 13.0. The average molecular weight is 292 g/mol. The molecular formula is C15H24N4O2. The Bertz CT molecular complexity index is 464. The molecule has 0 saturated carbocycles. The van der Waals surface area contributed by atoms with Gasteiger partial charge in [0.15, 0.2) is 0 Å². The second kappa shape index (κ2) is 6.39. The van der Waals surface area contributed by atoms with E-state index in [1.165, 1.54) is 0 Å². The first-order valence-electron chi connectivity index (χ1n) is 7.35. The summed E-state index contributed by atoms with van der Waals surface area (Å²) in [5.41, 5.74) is 0.275. The first-order valence-corrected chi connectivity index (χ1v) is 7.35. The largest absolute Gasteiger partial charge is 0.444 e. The van der Waals surface area contributed by atoms with Gasteiger partial charge in [0, 0.05) is 30.6 Å². The summed E-state index contributed by atoms with van der Waals surface area (Å²) >= 11 is 0. The molecule has 0 aromatic carbocycles. The maximum absolute atomic E-state index is 11.9. The van der Waals surface area contributed by atoms with Crippen LogP contribution in [0.2, 0.25) is 0 Å². The number of piperidine rings is 1. The van der Waals surface area contributed by atoms with Crippen LogP contribution in [0.1, 0.15) is 39.3 Å². The highest BCUT2D eigenvalue weighted by atomic mass is 16.6. The van der Waals surface area contributed by atoms with Crippen molar-refractivity contribution < 1.29 is 9.53 Å². The van der Waals surface area contributed by atoms with Crippen LogP contribution in [-0.4, -0.2) is 41.3 Å². The second-order valence-electron chi connectivity index (χ2n) is 6.48. The summed E-state index contributed by atoms with van der Waals surface area (Å²) in [6.07, 6.45) is 6.61. The molecule has 6 heteroatoms. The number of aromatic nitrogens is 2. The Morgan fingerprint density at radius 1 is 1.38 bits per heavy atom. The zero-order valence-electron chi connectivity index (χ0n) is 13.0. The molecule has 1 aliphatic heterocycles. The highest BCUT2D eigenvalue weighted by molar-refractivity contribution is 5.67. The lowest BCUT2D eigenvalue weighted by Gasteiger charge is -2.37. The third-order valence-electron chi connectivity index (χ3n) is 3.64. The summed E-state index contributed by atoms with van der Waals surface area (Å²) in [6, 6.07) is 0. The van der Waals surface area contributed by atoms with Gasteiger partial charge in [-0.1, -0.05) is 0 Å². The van der Waals surface area contributed by atoms with Gasteiger partial charge in [0.1, 0.15) is 5.60 Å². The van der Waals surface area contributed by atoms with Crippen molar-refractivity contribution >= 4 is 6.09 Å². The van der Waals surface area contributed by atoms with Gasteiger partial charge in [-0.3, -0.25) is 9.97 Å². The van der Waals surface area contributed by atoms with E-state index in [4.69, 9.17) is 4.74 Å². The van der Waals surface area contributed by atoms with Gasteiger partial charge < -0.3 is 15.4 Å². The summed E-state index contributed by atoms with van der Waals surface area (Å²) < 4.78 is 5.31. The quantitative estimate of drug-likeness (QED) is 0.885. The van der Waals surface area contributed by atoms with Crippen molar-refractivity contribution in [3.8, 4) is 0 Å². The van der Waals surface area contributed by atoms with E-state index in [-0.39, 0.29) is 11.5 Å². The van der Waals surface area contributed by atoms with Crippen molar-refractivity contribution in [3.05, 3.63) is 24.3 Å². The Balaban J connectivity index is 2.06. The molecule has 1 aliphatic rings. The summed E-state index contributed by atoms with van der Waals surface area (Å²) in [6.45, 7) is 7.90. The first-order chi connectivity index (χ1) is 9.91. The maximum atomic E-state index is 11.9. The molecule has 0 radical (unpaired) electrons. The van der Waals surface area contributed by atoms with Crippen molar-refractivity contribution in [2.75, 3.05) is 19.6 Å². The van der Waals surface area contributed by atoms with Gasteiger partial charge >= 0.3 is 6.09 Å². The van der Waals surface area contributed by atoms with E-state index in [9.17, 15) is 4.79 Å². The SMILES string of the molecule is CC(C)(C)OC(=O)NCC1(c2cnccn2)CCNCC1. The van der Waals surface area contributed by atoms with E-state index in [2.05, 4.69) is 20.6 Å². The Hall–Kier alpha value is -1.69. The van der Waals surface area contributed by atoms with Crippen LogP contribution in [0, 0.1) is 0 Å². The lowest BCUT2D eigenvalue weighted by atomic mass is 9.76. The summed E-state index contributed by atoms with van der Waals surface area (Å²) in [5, 5.41) is 6.23. The van der Waals surface area contributed by atoms with Gasteiger partial charge in [-0.25, -0.2) is 4.79 Å². The van der Waals surface area contributed by atoms with Gasteiger partial charge in [0.25, 0.3) is 0 Å². The Morgan fingerprint density at radius 2 is 2.10 bits per heavy atom. The van der Waals surface area contributed by atoms with Gasteiger partial charge in [0.05, 0.1) is 5.69 Å². The predicted octanol–water partition coefficient (Wildman–Crippen LogP) is 1.62. The molecule has 1 fully saturated rings. The number of carbonyl (C=O) groups is 1. The van der Waals surface area contributed by atoms with Gasteiger partial charge in [0.2, 0.25) is 0 Å². The van der Waals surface area contributed by atoms with E-state index in [1.807, 2.05) is 20.8 Å². The molecule has 6 nitrogen and oxygen atoms in total. The number of hydrogen-bond donors (Lipinski definition) is 2. The Morgan fingerprint density at radius 3 is 2.67 bits per heavy atom. The molecule has 0 unspecified atom stereocenters. The van der Waals surface area contributed by atoms with Crippen LogP contribution in [-0.2, 0) is 10.2 Å². The van der Waals surface area contributed by atoms with E-state index in [0.29, 0.717) is 6.54 Å². The van der Waals surface area contributed by atoms with Crippen molar-refractivity contribution in [2.24, 2.45) is 0 Å². The molecule has 0 aliphatic carbocycles. The zero-order chi connectivity index (χ0) is 15.3. The van der Waals surface area contributed by atoms with Crippen molar-refractivity contribution in [3.63, 3.8) is 0 Å². The highest BCUT2D eigenvalue weighted by Crippen LogP contribution is 2.31. The average Bonchev–Trinajstić information content (AvgIpc) is 2.45. The molecule has 0 bridgehead atoms. The lowest BCUT2D eigenvalue weighted by molar-refractivity contribution is 0.0508. The van der Waals surface area contributed by atoms with E-state index >= 15 is 0 Å². The predicted molar refractivity (Wildman–Crippen MR) is 80.1 cm³/mol. The minimum atomic E-state index is -0.488. The fourth-order valence-corrected chi connectivity index (χ4v) is 2.56. The van der Waals surface area contributed by atoms with Crippen LogP contribution in [0.15, 0.2) is 18.6 Å². The standard InChI is InChI=1S/C15H24N4O2/c1-14(2,3)21-13(20)19-11-15(4-6-16-7-5-15)12-10-17-8-9-18-12/h8-10,16H,4-7,11H2,1-3H3,(H,19,20). The van der Waals surface area contributed by atoms with E-state index < -0.39 is 5.60 Å². The normalized spacial score (nSPS) is 18.0. The van der Waals surface area contributed by atoms with Crippen LogP contribution in [0.25, 0.3) is 0 Å². The molecule has 2 rings (SSSR count). The minimum Gasteiger partial charge on any atom is -0.444 e. The third-order valence-corrected chi connectivity index (χ3v) is 3.64. The molecule has 2 N–H and O–H groups in total. The lowest BCUT2D eigenvalue weighted by Crippen LogP contribution is -2.48. The smallest absolute Gasteiger partial charge is 0.407 e. The first kappa shape index (κ1) is 15.7. The van der Waals surface area contributed by atoms with Crippen molar-refractivity contribution in [1.29, 1.82) is 0 Å². The van der Waals surface area contributed by atoms with Gasteiger partial charge in [-0.2, -0.15) is 0 Å².